The lowest BCUT2D eigenvalue weighted by atomic mass is 10.1. The fourth-order valence-corrected chi connectivity index (χ4v) is 1.57. The van der Waals surface area contributed by atoms with Crippen LogP contribution in [-0.2, 0) is 0 Å². The maximum absolute atomic E-state index is 11.2. The van der Waals surface area contributed by atoms with Crippen LogP contribution in [0, 0.1) is 5.21 Å². The van der Waals surface area contributed by atoms with E-state index in [1.165, 1.54) is 0 Å². The van der Waals surface area contributed by atoms with E-state index in [-0.39, 0.29) is 5.54 Å². The third kappa shape index (κ3) is 3.55. The Morgan fingerprint density at radius 2 is 2.00 bits per heavy atom. The van der Waals surface area contributed by atoms with Crippen molar-refractivity contribution in [2.75, 3.05) is 5.32 Å². The van der Waals surface area contributed by atoms with Crippen molar-refractivity contribution in [2.24, 2.45) is 0 Å². The third-order valence-electron chi connectivity index (χ3n) is 1.74. The second-order valence-corrected chi connectivity index (χ2v) is 5.33. The molecule has 0 heterocycles. The van der Waals surface area contributed by atoms with Crippen molar-refractivity contribution in [1.82, 2.24) is 0 Å². The van der Waals surface area contributed by atoms with E-state index in [0.29, 0.717) is 10.4 Å². The fraction of sp³-hybridized carbons (Fsp3) is 0.364. The molecule has 15 heavy (non-hydrogen) atoms. The molecule has 0 amide bonds. The fourth-order valence-electron chi connectivity index (χ4n) is 1.22. The molecule has 0 bridgehead atoms. The maximum Gasteiger partial charge on any atom is 0.240 e. The first-order valence-corrected chi connectivity index (χ1v) is 5.44. The van der Waals surface area contributed by atoms with Crippen LogP contribution in [0.1, 0.15) is 20.8 Å². The smallest absolute Gasteiger partial charge is 0.240 e. The van der Waals surface area contributed by atoms with Gasteiger partial charge in [-0.05, 0) is 32.9 Å². The van der Waals surface area contributed by atoms with Crippen LogP contribution < -0.4 is 5.32 Å². The van der Waals surface area contributed by atoms with Gasteiger partial charge in [-0.15, -0.1) is 0 Å². The molecule has 0 aliphatic rings. The van der Waals surface area contributed by atoms with Crippen molar-refractivity contribution in [3.63, 3.8) is 0 Å². The molecule has 0 spiro atoms. The number of hydrogen-bond acceptors (Lipinski definition) is 2. The number of anilines is 1. The standard InChI is InChI=1S/C11H15BrN2O/c1-11(2,3)13-9-6-5-8(12)7-10(9)14(4)15/h5-7,13H,4H2,1-3H3. The Bertz CT molecular complexity index is 383. The summed E-state index contributed by atoms with van der Waals surface area (Å²) >= 11 is 3.32. The van der Waals surface area contributed by atoms with Crippen LogP contribution in [0.15, 0.2) is 22.7 Å². The lowest BCUT2D eigenvalue weighted by molar-refractivity contribution is -0.349. The average molecular weight is 271 g/mol. The first-order valence-electron chi connectivity index (χ1n) is 4.65. The number of nitrogens with zero attached hydrogens (tertiary/aromatic N) is 1. The minimum absolute atomic E-state index is 0.0847. The van der Waals surface area contributed by atoms with Crippen LogP contribution in [0.4, 0.5) is 11.4 Å². The van der Waals surface area contributed by atoms with Gasteiger partial charge in [-0.2, -0.15) is 4.74 Å². The highest BCUT2D eigenvalue weighted by Crippen LogP contribution is 2.29. The van der Waals surface area contributed by atoms with Gasteiger partial charge in [0.2, 0.25) is 5.69 Å². The molecule has 1 rings (SSSR count). The SMILES string of the molecule is C=[N+]([O-])c1cc(Br)ccc1NC(C)(C)C. The van der Waals surface area contributed by atoms with E-state index in [2.05, 4.69) is 28.0 Å². The molecule has 0 unspecified atom stereocenters. The molecule has 0 aliphatic carbocycles. The van der Waals surface area contributed by atoms with E-state index in [4.69, 9.17) is 0 Å². The van der Waals surface area contributed by atoms with Gasteiger partial charge in [0, 0.05) is 16.1 Å². The summed E-state index contributed by atoms with van der Waals surface area (Å²) in [4.78, 5) is 0. The Kier molecular flexibility index (Phi) is 3.39. The summed E-state index contributed by atoms with van der Waals surface area (Å²) in [7, 11) is 0. The predicted octanol–water partition coefficient (Wildman–Crippen LogP) is 3.50. The molecule has 82 valence electrons. The second kappa shape index (κ2) is 4.23. The Balaban J connectivity index is 3.12. The van der Waals surface area contributed by atoms with E-state index in [0.717, 1.165) is 10.2 Å². The van der Waals surface area contributed by atoms with Crippen molar-refractivity contribution < 1.29 is 4.74 Å². The lowest BCUT2D eigenvalue weighted by Gasteiger charge is -2.22. The number of nitrogens with one attached hydrogen (secondary N) is 1. The summed E-state index contributed by atoms with van der Waals surface area (Å²) < 4.78 is 1.47. The molecule has 1 aromatic carbocycles. The molecule has 0 fully saturated rings. The van der Waals surface area contributed by atoms with Gasteiger partial charge in [-0.3, -0.25) is 0 Å². The van der Waals surface area contributed by atoms with Crippen LogP contribution in [0.25, 0.3) is 0 Å². The molecule has 0 aromatic heterocycles. The van der Waals surface area contributed by atoms with Crippen molar-refractivity contribution in [1.29, 1.82) is 0 Å². The minimum atomic E-state index is -0.0847. The number of benzene rings is 1. The van der Waals surface area contributed by atoms with Gasteiger partial charge in [0.25, 0.3) is 0 Å². The third-order valence-corrected chi connectivity index (χ3v) is 2.23. The zero-order chi connectivity index (χ0) is 11.6. The molecular formula is C11H15BrN2O. The van der Waals surface area contributed by atoms with Gasteiger partial charge in [-0.25, -0.2) is 0 Å². The molecular weight excluding hydrogens is 256 g/mol. The van der Waals surface area contributed by atoms with Gasteiger partial charge >= 0.3 is 0 Å². The normalized spacial score (nSPS) is 11.2. The quantitative estimate of drug-likeness (QED) is 0.387. The Labute approximate surface area is 98.5 Å². The van der Waals surface area contributed by atoms with E-state index >= 15 is 0 Å². The van der Waals surface area contributed by atoms with Crippen molar-refractivity contribution in [3.8, 4) is 0 Å². The zero-order valence-electron chi connectivity index (χ0n) is 9.17. The topological polar surface area (TPSA) is 38.1 Å². The molecule has 0 aliphatic heterocycles. The molecule has 0 atom stereocenters. The van der Waals surface area contributed by atoms with Gasteiger partial charge in [0.05, 0.1) is 0 Å². The molecule has 3 nitrogen and oxygen atoms in total. The lowest BCUT2D eigenvalue weighted by Crippen LogP contribution is -2.26. The number of hydrogen-bond donors (Lipinski definition) is 1. The Morgan fingerprint density at radius 3 is 2.47 bits per heavy atom. The van der Waals surface area contributed by atoms with Crippen LogP contribution >= 0.6 is 15.9 Å². The predicted molar refractivity (Wildman–Crippen MR) is 67.9 cm³/mol. The Morgan fingerprint density at radius 1 is 1.40 bits per heavy atom. The molecule has 4 heteroatoms. The van der Waals surface area contributed by atoms with E-state index in [1.54, 1.807) is 6.07 Å². The van der Waals surface area contributed by atoms with Crippen molar-refractivity contribution in [2.45, 2.75) is 26.3 Å². The highest BCUT2D eigenvalue weighted by Gasteiger charge is 2.15. The largest absolute Gasteiger partial charge is 0.619 e. The summed E-state index contributed by atoms with van der Waals surface area (Å²) in [6.07, 6.45) is 0. The van der Waals surface area contributed by atoms with Crippen LogP contribution in [0.5, 0.6) is 0 Å². The Hall–Kier alpha value is -1.03. The van der Waals surface area contributed by atoms with Gasteiger partial charge in [0.15, 0.2) is 0 Å². The monoisotopic (exact) mass is 270 g/mol. The summed E-state index contributed by atoms with van der Waals surface area (Å²) in [5.74, 6) is 0. The first-order chi connectivity index (χ1) is 6.79. The molecule has 0 saturated carbocycles. The molecule has 1 aromatic rings. The summed E-state index contributed by atoms with van der Waals surface area (Å²) in [5.41, 5.74) is 1.23. The van der Waals surface area contributed by atoms with E-state index in [1.807, 2.05) is 32.9 Å². The first kappa shape index (κ1) is 12.0. The second-order valence-electron chi connectivity index (χ2n) is 4.41. The number of halogens is 1. The molecule has 0 saturated heterocycles. The average Bonchev–Trinajstić information content (AvgIpc) is 2.05. The van der Waals surface area contributed by atoms with E-state index in [9.17, 15) is 5.21 Å². The van der Waals surface area contributed by atoms with Crippen molar-refractivity contribution >= 4 is 34.0 Å². The summed E-state index contributed by atoms with van der Waals surface area (Å²) in [6, 6.07) is 5.50. The van der Waals surface area contributed by atoms with E-state index < -0.39 is 0 Å². The number of rotatable bonds is 2. The van der Waals surface area contributed by atoms with Crippen LogP contribution in [0.2, 0.25) is 0 Å². The maximum atomic E-state index is 11.2. The van der Waals surface area contributed by atoms with Gasteiger partial charge in [-0.1, -0.05) is 15.9 Å². The minimum Gasteiger partial charge on any atom is -0.619 e. The summed E-state index contributed by atoms with van der Waals surface area (Å²) in [5, 5.41) is 14.5. The van der Waals surface area contributed by atoms with Crippen LogP contribution in [0.3, 0.4) is 0 Å². The zero-order valence-corrected chi connectivity index (χ0v) is 10.8. The van der Waals surface area contributed by atoms with Crippen molar-refractivity contribution in [3.05, 3.63) is 27.9 Å². The molecule has 0 radical (unpaired) electrons. The highest BCUT2D eigenvalue weighted by molar-refractivity contribution is 9.10. The van der Waals surface area contributed by atoms with Gasteiger partial charge in [0.1, 0.15) is 12.4 Å². The molecule has 1 N–H and O–H groups in total. The van der Waals surface area contributed by atoms with Gasteiger partial charge < -0.3 is 10.5 Å². The van der Waals surface area contributed by atoms with Crippen LogP contribution in [-0.4, -0.2) is 17.0 Å². The highest BCUT2D eigenvalue weighted by atomic mass is 79.9. The summed E-state index contributed by atoms with van der Waals surface area (Å²) in [6.45, 7) is 9.47.